The van der Waals surface area contributed by atoms with Crippen LogP contribution >= 0.6 is 0 Å². The number of rotatable bonds is 2. The number of nitrogens with zero attached hydrogens (tertiary/aromatic N) is 2. The second-order valence-electron chi connectivity index (χ2n) is 5.67. The molecule has 3 heteroatoms. The standard InChI is InChI=1S/C12H20N2O/c1-13(2)12-10-6-14(7-11(10)12)8-3-4-9(15)5-8/h8,10-12H,3-7H2,1-2H3. The molecule has 15 heavy (non-hydrogen) atoms. The van der Waals surface area contributed by atoms with Gasteiger partial charge in [-0.1, -0.05) is 0 Å². The van der Waals surface area contributed by atoms with E-state index in [-0.39, 0.29) is 0 Å². The molecule has 0 N–H and O–H groups in total. The maximum Gasteiger partial charge on any atom is 0.134 e. The molecule has 3 nitrogen and oxygen atoms in total. The zero-order valence-corrected chi connectivity index (χ0v) is 9.65. The molecule has 3 atom stereocenters. The van der Waals surface area contributed by atoms with Crippen molar-refractivity contribution in [2.45, 2.75) is 31.3 Å². The van der Waals surface area contributed by atoms with Crippen LogP contribution in [0.25, 0.3) is 0 Å². The summed E-state index contributed by atoms with van der Waals surface area (Å²) in [6.07, 6.45) is 2.77. The first kappa shape index (κ1) is 9.79. The van der Waals surface area contributed by atoms with Gasteiger partial charge in [-0.2, -0.15) is 0 Å². The van der Waals surface area contributed by atoms with Gasteiger partial charge >= 0.3 is 0 Å². The van der Waals surface area contributed by atoms with E-state index in [0.29, 0.717) is 11.8 Å². The van der Waals surface area contributed by atoms with Crippen LogP contribution < -0.4 is 0 Å². The van der Waals surface area contributed by atoms with E-state index < -0.39 is 0 Å². The van der Waals surface area contributed by atoms with Crippen molar-refractivity contribution in [3.05, 3.63) is 0 Å². The smallest absolute Gasteiger partial charge is 0.134 e. The van der Waals surface area contributed by atoms with Gasteiger partial charge in [0.05, 0.1) is 0 Å². The Balaban J connectivity index is 1.55. The number of carbonyl (C=O) groups excluding carboxylic acids is 1. The van der Waals surface area contributed by atoms with Crippen LogP contribution in [0.5, 0.6) is 0 Å². The molecule has 3 aliphatic rings. The monoisotopic (exact) mass is 208 g/mol. The highest BCUT2D eigenvalue weighted by molar-refractivity contribution is 5.81. The highest BCUT2D eigenvalue weighted by Crippen LogP contribution is 2.49. The van der Waals surface area contributed by atoms with Crippen LogP contribution in [-0.4, -0.2) is 54.9 Å². The molecular formula is C12H20N2O. The molecule has 3 fully saturated rings. The molecule has 1 aliphatic heterocycles. The summed E-state index contributed by atoms with van der Waals surface area (Å²) in [5.74, 6) is 2.27. The van der Waals surface area contributed by atoms with E-state index in [4.69, 9.17) is 0 Å². The van der Waals surface area contributed by atoms with Crippen molar-refractivity contribution in [3.63, 3.8) is 0 Å². The molecule has 2 saturated carbocycles. The lowest BCUT2D eigenvalue weighted by Crippen LogP contribution is -2.37. The molecule has 0 amide bonds. The quantitative estimate of drug-likeness (QED) is 0.664. The number of fused-ring (bicyclic) bond motifs is 1. The number of hydrogen-bond acceptors (Lipinski definition) is 3. The summed E-state index contributed by atoms with van der Waals surface area (Å²) < 4.78 is 0. The van der Waals surface area contributed by atoms with E-state index in [1.54, 1.807) is 0 Å². The molecular weight excluding hydrogens is 188 g/mol. The highest BCUT2D eigenvalue weighted by Gasteiger charge is 2.57. The summed E-state index contributed by atoms with van der Waals surface area (Å²) in [4.78, 5) is 16.2. The van der Waals surface area contributed by atoms with Crippen LogP contribution in [0.15, 0.2) is 0 Å². The van der Waals surface area contributed by atoms with Crippen LogP contribution in [0.4, 0.5) is 0 Å². The molecule has 0 radical (unpaired) electrons. The summed E-state index contributed by atoms with van der Waals surface area (Å²) >= 11 is 0. The first-order valence-corrected chi connectivity index (χ1v) is 6.09. The fourth-order valence-electron chi connectivity index (χ4n) is 3.70. The molecule has 0 aromatic rings. The van der Waals surface area contributed by atoms with Gasteiger partial charge in [-0.05, 0) is 32.4 Å². The van der Waals surface area contributed by atoms with E-state index >= 15 is 0 Å². The van der Waals surface area contributed by atoms with Crippen LogP contribution in [0.1, 0.15) is 19.3 Å². The maximum atomic E-state index is 11.2. The van der Waals surface area contributed by atoms with Crippen molar-refractivity contribution >= 4 is 5.78 Å². The Kier molecular flexibility index (Phi) is 2.15. The van der Waals surface area contributed by atoms with Crippen LogP contribution in [-0.2, 0) is 4.79 Å². The zero-order valence-electron chi connectivity index (χ0n) is 9.65. The van der Waals surface area contributed by atoms with Crippen LogP contribution in [0.2, 0.25) is 0 Å². The van der Waals surface area contributed by atoms with Crippen molar-refractivity contribution in [3.8, 4) is 0 Å². The van der Waals surface area contributed by atoms with Gasteiger partial charge in [0.1, 0.15) is 5.78 Å². The molecule has 0 aromatic heterocycles. The van der Waals surface area contributed by atoms with E-state index in [2.05, 4.69) is 23.9 Å². The molecule has 3 unspecified atom stereocenters. The van der Waals surface area contributed by atoms with E-state index in [0.717, 1.165) is 37.1 Å². The Hall–Kier alpha value is -0.410. The summed E-state index contributed by atoms with van der Waals surface area (Å²) in [5, 5.41) is 0. The third-order valence-corrected chi connectivity index (χ3v) is 4.51. The number of piperidine rings is 1. The van der Waals surface area contributed by atoms with E-state index in [1.165, 1.54) is 13.1 Å². The third-order valence-electron chi connectivity index (χ3n) is 4.51. The first-order valence-electron chi connectivity index (χ1n) is 6.09. The van der Waals surface area contributed by atoms with Crippen molar-refractivity contribution in [1.82, 2.24) is 9.80 Å². The third kappa shape index (κ3) is 1.53. The molecule has 0 bridgehead atoms. The molecule has 0 spiro atoms. The lowest BCUT2D eigenvalue weighted by Gasteiger charge is -2.26. The minimum absolute atomic E-state index is 0.477. The molecule has 0 aromatic carbocycles. The lowest BCUT2D eigenvalue weighted by molar-refractivity contribution is -0.117. The summed E-state index contributed by atoms with van der Waals surface area (Å²) in [6.45, 7) is 2.48. The van der Waals surface area contributed by atoms with Gasteiger partial charge in [-0.25, -0.2) is 0 Å². The fraction of sp³-hybridized carbons (Fsp3) is 0.917. The van der Waals surface area contributed by atoms with Gasteiger partial charge in [0.25, 0.3) is 0 Å². The molecule has 1 saturated heterocycles. The summed E-state index contributed by atoms with van der Waals surface area (Å²) in [6, 6.07) is 1.42. The van der Waals surface area contributed by atoms with Gasteiger partial charge in [0.2, 0.25) is 0 Å². The van der Waals surface area contributed by atoms with Crippen LogP contribution in [0.3, 0.4) is 0 Å². The number of hydrogen-bond donors (Lipinski definition) is 0. The average Bonchev–Trinajstić information content (AvgIpc) is 2.60. The number of carbonyl (C=O) groups is 1. The minimum atomic E-state index is 0.477. The van der Waals surface area contributed by atoms with Gasteiger partial charge in [-0.3, -0.25) is 9.69 Å². The number of likely N-dealkylation sites (tertiary alicyclic amines) is 1. The van der Waals surface area contributed by atoms with Gasteiger partial charge in [0, 0.05) is 38.0 Å². The number of Topliss-reactive ketones (excluding diaryl/α,β-unsaturated/α-hetero) is 1. The van der Waals surface area contributed by atoms with Gasteiger partial charge in [0.15, 0.2) is 0 Å². The van der Waals surface area contributed by atoms with Gasteiger partial charge in [-0.15, -0.1) is 0 Å². The Morgan fingerprint density at radius 3 is 2.40 bits per heavy atom. The normalized spacial score (nSPS) is 45.1. The van der Waals surface area contributed by atoms with Crippen molar-refractivity contribution in [2.75, 3.05) is 27.2 Å². The largest absolute Gasteiger partial charge is 0.306 e. The molecule has 1 heterocycles. The van der Waals surface area contributed by atoms with Crippen LogP contribution in [0, 0.1) is 11.8 Å². The molecule has 84 valence electrons. The zero-order chi connectivity index (χ0) is 10.6. The van der Waals surface area contributed by atoms with Crippen molar-refractivity contribution in [2.24, 2.45) is 11.8 Å². The lowest BCUT2D eigenvalue weighted by atomic mass is 10.2. The Labute approximate surface area is 91.4 Å². The fourth-order valence-corrected chi connectivity index (χ4v) is 3.70. The first-order chi connectivity index (χ1) is 7.16. The van der Waals surface area contributed by atoms with E-state index in [9.17, 15) is 4.79 Å². The summed E-state index contributed by atoms with van der Waals surface area (Å²) in [5.41, 5.74) is 0. The van der Waals surface area contributed by atoms with Gasteiger partial charge < -0.3 is 4.90 Å². The Bertz CT molecular complexity index is 277. The molecule has 3 rings (SSSR count). The SMILES string of the molecule is CN(C)C1C2CN(C3CCC(=O)C3)CC21. The topological polar surface area (TPSA) is 23.6 Å². The number of ketones is 1. The Morgan fingerprint density at radius 1 is 1.27 bits per heavy atom. The highest BCUT2D eigenvalue weighted by atomic mass is 16.1. The summed E-state index contributed by atoms with van der Waals surface area (Å²) in [7, 11) is 4.37. The predicted molar refractivity (Wildman–Crippen MR) is 58.7 cm³/mol. The second-order valence-corrected chi connectivity index (χ2v) is 5.67. The average molecular weight is 208 g/mol. The minimum Gasteiger partial charge on any atom is -0.306 e. The van der Waals surface area contributed by atoms with Crippen molar-refractivity contribution in [1.29, 1.82) is 0 Å². The maximum absolute atomic E-state index is 11.2. The van der Waals surface area contributed by atoms with E-state index in [1.807, 2.05) is 0 Å². The molecule has 2 aliphatic carbocycles. The Morgan fingerprint density at radius 2 is 1.93 bits per heavy atom. The van der Waals surface area contributed by atoms with Crippen molar-refractivity contribution < 1.29 is 4.79 Å². The predicted octanol–water partition coefficient (Wildman–Crippen LogP) is 0.600. The second kappa shape index (κ2) is 3.29.